The van der Waals surface area contributed by atoms with Crippen molar-refractivity contribution in [3.63, 3.8) is 0 Å². The molecule has 0 spiro atoms. The molecular formula is C4F7IO. The largest absolute Gasteiger partial charge is 0.471 e. The van der Waals surface area contributed by atoms with E-state index in [-0.39, 0.29) is 22.6 Å². The van der Waals surface area contributed by atoms with Crippen molar-refractivity contribution in [1.82, 2.24) is 0 Å². The van der Waals surface area contributed by atoms with Crippen LogP contribution in [0.5, 0.6) is 0 Å². The van der Waals surface area contributed by atoms with Gasteiger partial charge < -0.3 is 4.74 Å². The fraction of sp³-hybridized carbons (Fsp3) is 0.500. The molecule has 13 heavy (non-hydrogen) atoms. The lowest BCUT2D eigenvalue weighted by molar-refractivity contribution is -0.270. The van der Waals surface area contributed by atoms with Crippen molar-refractivity contribution in [3.05, 3.63) is 12.1 Å². The average molecular weight is 324 g/mol. The third kappa shape index (κ3) is 3.56. The van der Waals surface area contributed by atoms with Gasteiger partial charge in [-0.15, -0.1) is 0 Å². The molecule has 0 N–H and O–H groups in total. The summed E-state index contributed by atoms with van der Waals surface area (Å²) in [5.41, 5.74) is 0. The molecule has 1 atom stereocenters. The van der Waals surface area contributed by atoms with Gasteiger partial charge in [0, 0.05) is 22.6 Å². The average Bonchev–Trinajstić information content (AvgIpc) is 1.83. The van der Waals surface area contributed by atoms with Gasteiger partial charge in [0.2, 0.25) is 0 Å². The van der Waals surface area contributed by atoms with E-state index in [0.717, 1.165) is 0 Å². The molecule has 1 nitrogen and oxygen atoms in total. The number of ether oxygens (including phenoxy) is 1. The van der Waals surface area contributed by atoms with Crippen LogP contribution in [0.25, 0.3) is 0 Å². The molecule has 0 aliphatic carbocycles. The molecule has 0 amide bonds. The van der Waals surface area contributed by atoms with E-state index in [1.807, 2.05) is 0 Å². The first-order chi connectivity index (χ1) is 5.58. The molecular weight excluding hydrogens is 324 g/mol. The van der Waals surface area contributed by atoms with Crippen LogP contribution >= 0.6 is 22.6 Å². The normalized spacial score (nSPS) is 16.3. The maximum atomic E-state index is 12.2. The van der Waals surface area contributed by atoms with Gasteiger partial charge in [0.25, 0.3) is 0 Å². The Morgan fingerprint density at radius 1 is 1.00 bits per heavy atom. The van der Waals surface area contributed by atoms with Crippen molar-refractivity contribution in [2.45, 2.75) is 10.0 Å². The van der Waals surface area contributed by atoms with Gasteiger partial charge in [-0.2, -0.15) is 30.7 Å². The van der Waals surface area contributed by atoms with E-state index < -0.39 is 22.1 Å². The Morgan fingerprint density at radius 3 is 1.62 bits per heavy atom. The Bertz CT molecular complexity index is 215. The first kappa shape index (κ1) is 12.8. The van der Waals surface area contributed by atoms with Crippen LogP contribution in [0, 0.1) is 0 Å². The lowest BCUT2D eigenvalue weighted by Gasteiger charge is -2.20. The SMILES string of the molecule is FC(F)=C(F)OC(F)(I)C(F)(F)F. The third-order valence-corrected chi connectivity index (χ3v) is 1.53. The third-order valence-electron chi connectivity index (χ3n) is 0.696. The van der Waals surface area contributed by atoms with Crippen LogP contribution < -0.4 is 0 Å². The summed E-state index contributed by atoms with van der Waals surface area (Å²) in [5, 5.41) is 0. The second-order valence-corrected chi connectivity index (χ2v) is 3.04. The number of hydrogen-bond acceptors (Lipinski definition) is 1. The van der Waals surface area contributed by atoms with Crippen molar-refractivity contribution in [1.29, 1.82) is 0 Å². The lowest BCUT2D eigenvalue weighted by atomic mass is 10.6. The molecule has 0 aromatic rings. The molecule has 0 aliphatic rings. The molecule has 0 bridgehead atoms. The highest BCUT2D eigenvalue weighted by molar-refractivity contribution is 14.1. The van der Waals surface area contributed by atoms with E-state index in [2.05, 4.69) is 4.74 Å². The number of alkyl halides is 5. The van der Waals surface area contributed by atoms with Gasteiger partial charge in [-0.1, -0.05) is 0 Å². The van der Waals surface area contributed by atoms with E-state index in [4.69, 9.17) is 0 Å². The zero-order chi connectivity index (χ0) is 10.9. The van der Waals surface area contributed by atoms with E-state index in [0.29, 0.717) is 0 Å². The highest BCUT2D eigenvalue weighted by atomic mass is 127. The van der Waals surface area contributed by atoms with E-state index in [1.165, 1.54) is 0 Å². The van der Waals surface area contributed by atoms with Crippen LogP contribution in [0.4, 0.5) is 30.7 Å². The fourth-order valence-electron chi connectivity index (χ4n) is 0.209. The van der Waals surface area contributed by atoms with Crippen molar-refractivity contribution in [2.75, 3.05) is 0 Å². The summed E-state index contributed by atoms with van der Waals surface area (Å²) in [7, 11) is 0. The fourth-order valence-corrected chi connectivity index (χ4v) is 0.402. The minimum atomic E-state index is -5.60. The predicted octanol–water partition coefficient (Wildman–Crippen LogP) is 3.66. The van der Waals surface area contributed by atoms with Gasteiger partial charge in [0.1, 0.15) is 0 Å². The van der Waals surface area contributed by atoms with Gasteiger partial charge in [-0.25, -0.2) is 0 Å². The van der Waals surface area contributed by atoms with E-state index in [9.17, 15) is 30.7 Å². The van der Waals surface area contributed by atoms with Gasteiger partial charge in [0.15, 0.2) is 0 Å². The molecule has 0 fully saturated rings. The number of rotatable bonds is 2. The smallest absolute Gasteiger partial charge is 0.413 e. The maximum absolute atomic E-state index is 12.2. The first-order valence-electron chi connectivity index (χ1n) is 2.42. The van der Waals surface area contributed by atoms with Crippen LogP contribution in [-0.2, 0) is 4.74 Å². The number of hydrogen-bond donors (Lipinski definition) is 0. The summed E-state index contributed by atoms with van der Waals surface area (Å²) in [6.07, 6.45) is -8.76. The zero-order valence-corrected chi connectivity index (χ0v) is 7.59. The predicted molar refractivity (Wildman–Crippen MR) is 35.3 cm³/mol. The minimum Gasteiger partial charge on any atom is -0.413 e. The molecule has 0 radical (unpaired) electrons. The minimum absolute atomic E-state index is 0.00960. The van der Waals surface area contributed by atoms with Crippen molar-refractivity contribution < 1.29 is 35.5 Å². The summed E-state index contributed by atoms with van der Waals surface area (Å²) in [5.74, 6) is 0. The highest BCUT2D eigenvalue weighted by Crippen LogP contribution is 2.42. The van der Waals surface area contributed by atoms with Crippen LogP contribution in [0.15, 0.2) is 12.1 Å². The molecule has 78 valence electrons. The van der Waals surface area contributed by atoms with Gasteiger partial charge in [-0.3, -0.25) is 0 Å². The Hall–Kier alpha value is -0.220. The summed E-state index contributed by atoms with van der Waals surface area (Å²) < 4.78 is 79.1. The van der Waals surface area contributed by atoms with Crippen molar-refractivity contribution >= 4 is 22.6 Å². The molecule has 0 saturated heterocycles. The van der Waals surface area contributed by atoms with Crippen LogP contribution in [-0.4, -0.2) is 10.0 Å². The molecule has 0 heterocycles. The van der Waals surface area contributed by atoms with Crippen molar-refractivity contribution in [3.8, 4) is 0 Å². The summed E-state index contributed by atoms with van der Waals surface area (Å²) in [4.78, 5) is 0. The topological polar surface area (TPSA) is 9.23 Å². The van der Waals surface area contributed by atoms with Crippen molar-refractivity contribution in [2.24, 2.45) is 0 Å². The molecule has 9 heteroatoms. The van der Waals surface area contributed by atoms with Crippen LogP contribution in [0.3, 0.4) is 0 Å². The standard InChI is InChI=1S/C4F7IO/c5-1(6)2(7)13-4(11,12)3(8,9)10. The molecule has 0 aliphatic heterocycles. The monoisotopic (exact) mass is 324 g/mol. The highest BCUT2D eigenvalue weighted by Gasteiger charge is 2.58. The molecule has 0 rings (SSSR count). The van der Waals surface area contributed by atoms with Gasteiger partial charge in [0.05, 0.1) is 0 Å². The quantitative estimate of drug-likeness (QED) is 0.326. The maximum Gasteiger partial charge on any atom is 0.471 e. The summed E-state index contributed by atoms with van der Waals surface area (Å²) in [6.45, 7) is 0. The Labute approximate surface area is 80.7 Å². The Balaban J connectivity index is 4.63. The number of halogens is 8. The van der Waals surface area contributed by atoms with E-state index >= 15 is 0 Å². The Kier molecular flexibility index (Phi) is 3.82. The second-order valence-electron chi connectivity index (χ2n) is 1.65. The lowest BCUT2D eigenvalue weighted by Crippen LogP contribution is -2.36. The zero-order valence-electron chi connectivity index (χ0n) is 5.43. The molecule has 0 aromatic carbocycles. The Morgan fingerprint density at radius 2 is 1.38 bits per heavy atom. The van der Waals surface area contributed by atoms with Crippen LogP contribution in [0.2, 0.25) is 0 Å². The first-order valence-corrected chi connectivity index (χ1v) is 3.50. The summed E-state index contributed by atoms with van der Waals surface area (Å²) in [6, 6.07) is -2.89. The molecule has 1 unspecified atom stereocenters. The van der Waals surface area contributed by atoms with Gasteiger partial charge in [-0.05, 0) is 0 Å². The van der Waals surface area contributed by atoms with Gasteiger partial charge >= 0.3 is 22.1 Å². The second kappa shape index (κ2) is 3.88. The van der Waals surface area contributed by atoms with Crippen LogP contribution in [0.1, 0.15) is 0 Å². The molecule has 0 aromatic heterocycles. The summed E-state index contributed by atoms with van der Waals surface area (Å²) >= 11 is 0.00960. The van der Waals surface area contributed by atoms with E-state index in [1.54, 1.807) is 0 Å². The molecule has 0 saturated carbocycles.